The molecule has 1 aromatic carbocycles. The number of hydrogen-bond donors (Lipinski definition) is 2. The maximum Gasteiger partial charge on any atom is 0.306 e. The first-order valence-electron chi connectivity index (χ1n) is 6.98. The van der Waals surface area contributed by atoms with Crippen LogP contribution in [0.4, 0.5) is 0 Å². The largest absolute Gasteiger partial charge is 0.481 e. The van der Waals surface area contributed by atoms with E-state index in [2.05, 4.69) is 5.32 Å². The first-order valence-corrected chi connectivity index (χ1v) is 6.98. The van der Waals surface area contributed by atoms with E-state index in [0.29, 0.717) is 18.6 Å². The van der Waals surface area contributed by atoms with Crippen molar-refractivity contribution >= 4 is 11.9 Å². The lowest BCUT2D eigenvalue weighted by Crippen LogP contribution is -2.46. The standard InChI is InChI=1S/C16H15NO5/c18-15(17-11-8-10(9-11)16(19)20)13-6-7-14(22-13)21-12-4-2-1-3-5-12/h1-7,10-11H,8-9H2,(H,17,18)(H,19,20). The Hall–Kier alpha value is -2.76. The minimum Gasteiger partial charge on any atom is -0.481 e. The van der Waals surface area contributed by atoms with Gasteiger partial charge in [0.15, 0.2) is 5.76 Å². The molecule has 0 bridgehead atoms. The summed E-state index contributed by atoms with van der Waals surface area (Å²) in [6.45, 7) is 0. The van der Waals surface area contributed by atoms with Crippen LogP contribution in [0.25, 0.3) is 0 Å². The molecule has 1 saturated carbocycles. The molecule has 6 nitrogen and oxygen atoms in total. The lowest BCUT2D eigenvalue weighted by Gasteiger charge is -2.32. The second-order valence-electron chi connectivity index (χ2n) is 5.21. The smallest absolute Gasteiger partial charge is 0.306 e. The highest BCUT2D eigenvalue weighted by molar-refractivity contribution is 5.92. The van der Waals surface area contributed by atoms with E-state index >= 15 is 0 Å². The minimum atomic E-state index is -0.818. The highest BCUT2D eigenvalue weighted by Crippen LogP contribution is 2.28. The summed E-state index contributed by atoms with van der Waals surface area (Å²) < 4.78 is 10.8. The summed E-state index contributed by atoms with van der Waals surface area (Å²) in [4.78, 5) is 22.7. The molecule has 0 unspecified atom stereocenters. The van der Waals surface area contributed by atoms with Crippen molar-refractivity contribution in [2.45, 2.75) is 18.9 Å². The number of furan rings is 1. The fraction of sp³-hybridized carbons (Fsp3) is 0.250. The Kier molecular flexibility index (Phi) is 3.82. The van der Waals surface area contributed by atoms with Gasteiger partial charge in [0.05, 0.1) is 5.92 Å². The second-order valence-corrected chi connectivity index (χ2v) is 5.21. The van der Waals surface area contributed by atoms with Gasteiger partial charge in [0.25, 0.3) is 11.9 Å². The van der Waals surface area contributed by atoms with Crippen molar-refractivity contribution in [3.05, 3.63) is 48.2 Å². The van der Waals surface area contributed by atoms with Crippen LogP contribution < -0.4 is 10.1 Å². The first kappa shape index (κ1) is 14.2. The molecule has 1 aromatic heterocycles. The maximum atomic E-state index is 12.0. The fourth-order valence-electron chi connectivity index (χ4n) is 2.30. The van der Waals surface area contributed by atoms with E-state index in [9.17, 15) is 9.59 Å². The van der Waals surface area contributed by atoms with Crippen molar-refractivity contribution in [1.82, 2.24) is 5.32 Å². The molecular formula is C16H15NO5. The van der Waals surface area contributed by atoms with Crippen LogP contribution >= 0.6 is 0 Å². The third kappa shape index (κ3) is 3.11. The molecule has 0 spiro atoms. The molecule has 0 aliphatic heterocycles. The number of aliphatic carboxylic acids is 1. The summed E-state index contributed by atoms with van der Waals surface area (Å²) >= 11 is 0. The van der Waals surface area contributed by atoms with Gasteiger partial charge >= 0.3 is 5.97 Å². The van der Waals surface area contributed by atoms with Gasteiger partial charge in [0.2, 0.25) is 0 Å². The normalized spacial score (nSPS) is 20.0. The number of para-hydroxylation sites is 1. The number of rotatable bonds is 5. The quantitative estimate of drug-likeness (QED) is 0.886. The van der Waals surface area contributed by atoms with Gasteiger partial charge in [-0.15, -0.1) is 0 Å². The summed E-state index contributed by atoms with van der Waals surface area (Å²) in [6, 6.07) is 12.1. The van der Waals surface area contributed by atoms with Crippen molar-refractivity contribution in [3.63, 3.8) is 0 Å². The molecule has 1 heterocycles. The molecule has 3 rings (SSSR count). The van der Waals surface area contributed by atoms with E-state index < -0.39 is 5.97 Å². The molecule has 0 saturated heterocycles. The lowest BCUT2D eigenvalue weighted by atomic mass is 9.80. The number of hydrogen-bond acceptors (Lipinski definition) is 4. The van der Waals surface area contributed by atoms with Crippen LogP contribution in [0.1, 0.15) is 23.4 Å². The number of ether oxygens (including phenoxy) is 1. The van der Waals surface area contributed by atoms with Gasteiger partial charge in [-0.3, -0.25) is 9.59 Å². The SMILES string of the molecule is O=C(NC1CC(C(=O)O)C1)c1ccc(Oc2ccccc2)o1. The average Bonchev–Trinajstić information content (AvgIpc) is 2.91. The van der Waals surface area contributed by atoms with Gasteiger partial charge in [0, 0.05) is 12.1 Å². The van der Waals surface area contributed by atoms with E-state index in [0.717, 1.165) is 0 Å². The van der Waals surface area contributed by atoms with Crippen LogP contribution in [-0.4, -0.2) is 23.0 Å². The Bertz CT molecular complexity index is 673. The van der Waals surface area contributed by atoms with E-state index in [-0.39, 0.29) is 29.6 Å². The predicted octanol–water partition coefficient (Wildman–Crippen LogP) is 2.66. The highest BCUT2D eigenvalue weighted by Gasteiger charge is 2.35. The molecule has 22 heavy (non-hydrogen) atoms. The second kappa shape index (κ2) is 5.93. The number of amides is 1. The van der Waals surface area contributed by atoms with Crippen molar-refractivity contribution in [1.29, 1.82) is 0 Å². The van der Waals surface area contributed by atoms with Crippen molar-refractivity contribution < 1.29 is 23.8 Å². The predicted molar refractivity (Wildman–Crippen MR) is 76.8 cm³/mol. The zero-order valence-corrected chi connectivity index (χ0v) is 11.7. The van der Waals surface area contributed by atoms with Gasteiger partial charge in [-0.05, 0) is 31.0 Å². The van der Waals surface area contributed by atoms with Gasteiger partial charge in [0.1, 0.15) is 5.75 Å². The molecule has 0 atom stereocenters. The number of carbonyl (C=O) groups excluding carboxylic acids is 1. The molecule has 2 aromatic rings. The number of nitrogens with one attached hydrogen (secondary N) is 1. The van der Waals surface area contributed by atoms with Gasteiger partial charge < -0.3 is 19.6 Å². The van der Waals surface area contributed by atoms with Crippen LogP contribution in [0.5, 0.6) is 11.7 Å². The van der Waals surface area contributed by atoms with Crippen molar-refractivity contribution in [2.24, 2.45) is 5.92 Å². The molecular weight excluding hydrogens is 286 g/mol. The third-order valence-electron chi connectivity index (χ3n) is 3.59. The molecule has 1 aliphatic rings. The van der Waals surface area contributed by atoms with Crippen LogP contribution in [0, 0.1) is 5.92 Å². The number of carboxylic acids is 1. The molecule has 114 valence electrons. The Morgan fingerprint density at radius 3 is 2.55 bits per heavy atom. The Labute approximate surface area is 126 Å². The van der Waals surface area contributed by atoms with Gasteiger partial charge in [-0.1, -0.05) is 18.2 Å². The minimum absolute atomic E-state index is 0.114. The summed E-state index contributed by atoms with van der Waals surface area (Å²) in [5.41, 5.74) is 0. The Balaban J connectivity index is 1.55. The molecule has 0 radical (unpaired) electrons. The summed E-state index contributed by atoms with van der Waals surface area (Å²) in [5.74, 6) is -0.553. The zero-order valence-electron chi connectivity index (χ0n) is 11.7. The Morgan fingerprint density at radius 1 is 1.14 bits per heavy atom. The molecule has 6 heteroatoms. The van der Waals surface area contributed by atoms with Crippen LogP contribution in [0.2, 0.25) is 0 Å². The van der Waals surface area contributed by atoms with Crippen LogP contribution in [0.3, 0.4) is 0 Å². The van der Waals surface area contributed by atoms with Crippen LogP contribution in [-0.2, 0) is 4.79 Å². The van der Waals surface area contributed by atoms with Crippen molar-refractivity contribution in [3.8, 4) is 11.7 Å². The molecule has 1 amide bonds. The molecule has 1 fully saturated rings. The fourth-order valence-corrected chi connectivity index (χ4v) is 2.30. The monoisotopic (exact) mass is 301 g/mol. The van der Waals surface area contributed by atoms with E-state index in [1.165, 1.54) is 6.07 Å². The summed E-state index contributed by atoms with van der Waals surface area (Å²) in [6.07, 6.45) is 0.907. The summed E-state index contributed by atoms with van der Waals surface area (Å²) in [7, 11) is 0. The zero-order chi connectivity index (χ0) is 15.5. The highest BCUT2D eigenvalue weighted by atomic mass is 16.6. The maximum absolute atomic E-state index is 12.0. The lowest BCUT2D eigenvalue weighted by molar-refractivity contribution is -0.145. The van der Waals surface area contributed by atoms with E-state index in [1.54, 1.807) is 18.2 Å². The van der Waals surface area contributed by atoms with E-state index in [4.69, 9.17) is 14.3 Å². The van der Waals surface area contributed by atoms with Crippen molar-refractivity contribution in [2.75, 3.05) is 0 Å². The number of benzene rings is 1. The Morgan fingerprint density at radius 2 is 1.86 bits per heavy atom. The topological polar surface area (TPSA) is 88.8 Å². The first-order chi connectivity index (χ1) is 10.6. The van der Waals surface area contributed by atoms with Gasteiger partial charge in [-0.2, -0.15) is 0 Å². The average molecular weight is 301 g/mol. The van der Waals surface area contributed by atoms with Crippen LogP contribution in [0.15, 0.2) is 46.9 Å². The van der Waals surface area contributed by atoms with E-state index in [1.807, 2.05) is 18.2 Å². The number of carboxylic acid groups (broad SMARTS) is 1. The van der Waals surface area contributed by atoms with Gasteiger partial charge in [-0.25, -0.2) is 0 Å². The third-order valence-corrected chi connectivity index (χ3v) is 3.59. The molecule has 1 aliphatic carbocycles. The summed E-state index contributed by atoms with van der Waals surface area (Å²) in [5, 5.41) is 11.5. The molecule has 2 N–H and O–H groups in total. The number of carbonyl (C=O) groups is 2.